The van der Waals surface area contributed by atoms with Crippen LogP contribution in [0.5, 0.6) is 5.75 Å². The van der Waals surface area contributed by atoms with E-state index >= 15 is 0 Å². The summed E-state index contributed by atoms with van der Waals surface area (Å²) in [6, 6.07) is 5.35. The second-order valence-corrected chi connectivity index (χ2v) is 5.22. The predicted molar refractivity (Wildman–Crippen MR) is 68.6 cm³/mol. The molecule has 0 aliphatic carbocycles. The molecule has 3 nitrogen and oxygen atoms in total. The number of ether oxygens (including phenoxy) is 2. The average Bonchev–Trinajstić information content (AvgIpc) is 2.76. The zero-order valence-electron chi connectivity index (χ0n) is 9.96. The molecular weight excluding hydrogens is 284 g/mol. The first-order valence-electron chi connectivity index (χ1n) is 5.59. The van der Waals surface area contributed by atoms with E-state index in [1.807, 2.05) is 6.92 Å². The van der Waals surface area contributed by atoms with Gasteiger partial charge in [0.25, 0.3) is 0 Å². The van der Waals surface area contributed by atoms with E-state index in [4.69, 9.17) is 9.47 Å². The predicted octanol–water partition coefficient (Wildman–Crippen LogP) is 3.21. The van der Waals surface area contributed by atoms with Crippen LogP contribution in [0.4, 0.5) is 0 Å². The van der Waals surface area contributed by atoms with E-state index in [1.54, 1.807) is 25.3 Å². The van der Waals surface area contributed by atoms with Crippen LogP contribution in [0.2, 0.25) is 0 Å². The van der Waals surface area contributed by atoms with Gasteiger partial charge in [-0.25, -0.2) is 0 Å². The highest BCUT2D eigenvalue weighted by Crippen LogP contribution is 2.32. The number of hydrogen-bond acceptors (Lipinski definition) is 3. The van der Waals surface area contributed by atoms with E-state index in [1.165, 1.54) is 0 Å². The molecule has 0 aromatic heterocycles. The quantitative estimate of drug-likeness (QED) is 0.804. The van der Waals surface area contributed by atoms with Gasteiger partial charge in [0.05, 0.1) is 11.6 Å². The number of Topliss-reactive ketones (excluding diaryl/α,β-unsaturated/α-hetero) is 1. The molecule has 17 heavy (non-hydrogen) atoms. The summed E-state index contributed by atoms with van der Waals surface area (Å²) in [5, 5.41) is 0. The Morgan fingerprint density at radius 1 is 1.53 bits per heavy atom. The maximum atomic E-state index is 12.3. The summed E-state index contributed by atoms with van der Waals surface area (Å²) in [4.78, 5) is 12.3. The van der Waals surface area contributed by atoms with Gasteiger partial charge in [0, 0.05) is 12.2 Å². The molecule has 1 aromatic rings. The number of carbonyl (C=O) groups is 1. The van der Waals surface area contributed by atoms with Crippen molar-refractivity contribution in [1.29, 1.82) is 0 Å². The monoisotopic (exact) mass is 298 g/mol. The van der Waals surface area contributed by atoms with Gasteiger partial charge >= 0.3 is 0 Å². The van der Waals surface area contributed by atoms with Crippen molar-refractivity contribution in [3.63, 3.8) is 0 Å². The molecule has 1 unspecified atom stereocenters. The van der Waals surface area contributed by atoms with Crippen molar-refractivity contribution in [3.05, 3.63) is 28.2 Å². The van der Waals surface area contributed by atoms with Gasteiger partial charge in [-0.2, -0.15) is 0 Å². The fourth-order valence-corrected chi connectivity index (χ4v) is 2.61. The Bertz CT molecular complexity index is 436. The van der Waals surface area contributed by atoms with E-state index in [2.05, 4.69) is 15.9 Å². The van der Waals surface area contributed by atoms with Crippen LogP contribution in [0, 0.1) is 0 Å². The maximum Gasteiger partial charge on any atom is 0.194 e. The van der Waals surface area contributed by atoms with E-state index in [0.29, 0.717) is 12.2 Å². The van der Waals surface area contributed by atoms with E-state index < -0.39 is 5.60 Å². The summed E-state index contributed by atoms with van der Waals surface area (Å²) in [6.45, 7) is 2.53. The first kappa shape index (κ1) is 12.6. The summed E-state index contributed by atoms with van der Waals surface area (Å²) < 4.78 is 11.5. The van der Waals surface area contributed by atoms with Crippen molar-refractivity contribution in [2.24, 2.45) is 0 Å². The molecule has 0 saturated carbocycles. The molecule has 1 atom stereocenters. The molecule has 2 rings (SSSR count). The number of rotatable bonds is 3. The molecule has 92 valence electrons. The highest BCUT2D eigenvalue weighted by molar-refractivity contribution is 9.10. The lowest BCUT2D eigenvalue weighted by molar-refractivity contribution is 0.0213. The van der Waals surface area contributed by atoms with Crippen LogP contribution in [-0.2, 0) is 4.74 Å². The first-order chi connectivity index (χ1) is 8.07. The molecule has 4 heteroatoms. The Balaban J connectivity index is 2.28. The molecule has 1 heterocycles. The Morgan fingerprint density at radius 3 is 2.82 bits per heavy atom. The van der Waals surface area contributed by atoms with Gasteiger partial charge in [-0.15, -0.1) is 0 Å². The van der Waals surface area contributed by atoms with Crippen molar-refractivity contribution in [3.8, 4) is 5.75 Å². The highest BCUT2D eigenvalue weighted by atomic mass is 79.9. The highest BCUT2D eigenvalue weighted by Gasteiger charge is 2.38. The number of halogens is 1. The lowest BCUT2D eigenvalue weighted by atomic mass is 9.92. The van der Waals surface area contributed by atoms with Crippen LogP contribution in [0.25, 0.3) is 0 Å². The summed E-state index contributed by atoms with van der Waals surface area (Å²) in [5.41, 5.74) is -0.00400. The van der Waals surface area contributed by atoms with Crippen LogP contribution in [0.15, 0.2) is 22.7 Å². The zero-order chi connectivity index (χ0) is 12.5. The number of carbonyl (C=O) groups excluding carboxylic acids is 1. The van der Waals surface area contributed by atoms with Crippen LogP contribution in [-0.4, -0.2) is 25.1 Å². The summed E-state index contributed by atoms with van der Waals surface area (Å²) in [6.07, 6.45) is 1.73. The third-order valence-corrected chi connectivity index (χ3v) is 3.73. The fraction of sp³-hybridized carbons (Fsp3) is 0.462. The van der Waals surface area contributed by atoms with Crippen molar-refractivity contribution in [2.45, 2.75) is 25.4 Å². The van der Waals surface area contributed by atoms with Crippen molar-refractivity contribution in [1.82, 2.24) is 0 Å². The van der Waals surface area contributed by atoms with E-state index in [9.17, 15) is 4.79 Å². The van der Waals surface area contributed by atoms with Crippen molar-refractivity contribution < 1.29 is 14.3 Å². The number of benzene rings is 1. The van der Waals surface area contributed by atoms with Gasteiger partial charge in [0.15, 0.2) is 5.78 Å². The molecule has 1 aliphatic heterocycles. The third-order valence-electron chi connectivity index (χ3n) is 3.11. The molecule has 0 bridgehead atoms. The molecule has 0 amide bonds. The topological polar surface area (TPSA) is 35.5 Å². The summed E-state index contributed by atoms with van der Waals surface area (Å²) >= 11 is 3.38. The summed E-state index contributed by atoms with van der Waals surface area (Å²) in [7, 11) is 1.60. The Labute approximate surface area is 109 Å². The van der Waals surface area contributed by atoms with E-state index in [-0.39, 0.29) is 5.78 Å². The van der Waals surface area contributed by atoms with Crippen molar-refractivity contribution in [2.75, 3.05) is 13.7 Å². The van der Waals surface area contributed by atoms with Gasteiger partial charge in [0.1, 0.15) is 11.4 Å². The van der Waals surface area contributed by atoms with E-state index in [0.717, 1.165) is 23.1 Å². The molecule has 0 spiro atoms. The number of ketones is 1. The summed E-state index contributed by atoms with van der Waals surface area (Å²) in [5.74, 6) is 0.761. The fourth-order valence-electron chi connectivity index (χ4n) is 2.07. The van der Waals surface area contributed by atoms with Crippen LogP contribution in [0.3, 0.4) is 0 Å². The minimum Gasteiger partial charge on any atom is -0.496 e. The Morgan fingerprint density at radius 2 is 2.29 bits per heavy atom. The second-order valence-electron chi connectivity index (χ2n) is 4.36. The van der Waals surface area contributed by atoms with Gasteiger partial charge in [-0.05, 0) is 53.9 Å². The van der Waals surface area contributed by atoms with Gasteiger partial charge in [-0.1, -0.05) is 0 Å². The molecule has 1 aliphatic rings. The van der Waals surface area contributed by atoms with Gasteiger partial charge < -0.3 is 9.47 Å². The average molecular weight is 299 g/mol. The van der Waals surface area contributed by atoms with Crippen LogP contribution in [0.1, 0.15) is 30.1 Å². The minimum atomic E-state index is -0.659. The third kappa shape index (κ3) is 2.38. The van der Waals surface area contributed by atoms with Crippen molar-refractivity contribution >= 4 is 21.7 Å². The lowest BCUT2D eigenvalue weighted by Crippen LogP contribution is -2.34. The lowest BCUT2D eigenvalue weighted by Gasteiger charge is -2.21. The largest absolute Gasteiger partial charge is 0.496 e. The molecule has 0 N–H and O–H groups in total. The normalized spacial score (nSPS) is 23.7. The number of methoxy groups -OCH3 is 1. The zero-order valence-corrected chi connectivity index (χ0v) is 11.5. The molecule has 1 saturated heterocycles. The molecule has 1 fully saturated rings. The Kier molecular flexibility index (Phi) is 3.54. The van der Waals surface area contributed by atoms with Crippen LogP contribution < -0.4 is 4.74 Å². The first-order valence-corrected chi connectivity index (χ1v) is 6.38. The number of hydrogen-bond donors (Lipinski definition) is 0. The van der Waals surface area contributed by atoms with Gasteiger partial charge in [0.2, 0.25) is 0 Å². The Hall–Kier alpha value is -0.870. The van der Waals surface area contributed by atoms with Crippen LogP contribution >= 0.6 is 15.9 Å². The standard InChI is InChI=1S/C13H15BrO3/c1-13(6-3-7-17-13)12(15)9-4-5-11(16-2)10(14)8-9/h4-5,8H,3,6-7H2,1-2H3. The maximum absolute atomic E-state index is 12.3. The second kappa shape index (κ2) is 4.78. The molecule has 0 radical (unpaired) electrons. The smallest absolute Gasteiger partial charge is 0.194 e. The SMILES string of the molecule is COc1ccc(C(=O)C2(C)CCCO2)cc1Br. The minimum absolute atomic E-state index is 0.0401. The molecule has 1 aromatic carbocycles. The van der Waals surface area contributed by atoms with Gasteiger partial charge in [-0.3, -0.25) is 4.79 Å². The molecular formula is C13H15BrO3.